The van der Waals surface area contributed by atoms with E-state index in [1.54, 1.807) is 4.90 Å². The topological polar surface area (TPSA) is 56.6 Å². The van der Waals surface area contributed by atoms with E-state index in [9.17, 15) is 4.79 Å². The third kappa shape index (κ3) is 4.19. The molecular formula is C13H23N3O2. The van der Waals surface area contributed by atoms with E-state index in [4.69, 9.17) is 10.00 Å². The zero-order chi connectivity index (χ0) is 13.8. The van der Waals surface area contributed by atoms with Crippen molar-refractivity contribution in [3.8, 4) is 6.07 Å². The maximum Gasteiger partial charge on any atom is 0.410 e. The summed E-state index contributed by atoms with van der Waals surface area (Å²) in [6, 6.07) is 2.10. The fraction of sp³-hybridized carbons (Fsp3) is 0.846. The van der Waals surface area contributed by atoms with Crippen molar-refractivity contribution in [3.05, 3.63) is 0 Å². The number of carbonyl (C=O) groups excluding carboxylic acids is 1. The number of rotatable bonds is 2. The number of piperazine rings is 1. The molecule has 0 bridgehead atoms. The van der Waals surface area contributed by atoms with Gasteiger partial charge in [0.05, 0.1) is 18.5 Å². The van der Waals surface area contributed by atoms with Crippen LogP contribution in [0.3, 0.4) is 0 Å². The number of ether oxygens (including phenoxy) is 1. The number of amides is 1. The molecule has 1 heterocycles. The van der Waals surface area contributed by atoms with Crippen LogP contribution >= 0.6 is 0 Å². The predicted octanol–water partition coefficient (Wildman–Crippen LogP) is 1.84. The molecule has 0 aliphatic carbocycles. The third-order valence-corrected chi connectivity index (χ3v) is 2.97. The van der Waals surface area contributed by atoms with Crippen molar-refractivity contribution < 1.29 is 9.53 Å². The summed E-state index contributed by atoms with van der Waals surface area (Å²) in [4.78, 5) is 16.0. The lowest BCUT2D eigenvalue weighted by Gasteiger charge is -2.40. The van der Waals surface area contributed by atoms with Crippen LogP contribution in [0.1, 0.15) is 34.1 Å². The summed E-state index contributed by atoms with van der Waals surface area (Å²) in [6.07, 6.45) is 0.0499. The minimum atomic E-state index is -0.490. The molecule has 0 aromatic heterocycles. The third-order valence-electron chi connectivity index (χ3n) is 2.97. The Morgan fingerprint density at radius 1 is 1.44 bits per heavy atom. The molecule has 1 aliphatic rings. The van der Waals surface area contributed by atoms with E-state index < -0.39 is 5.60 Å². The lowest BCUT2D eigenvalue weighted by Crippen LogP contribution is -2.55. The summed E-state index contributed by atoms with van der Waals surface area (Å²) in [7, 11) is 0. The Balaban J connectivity index is 2.68. The van der Waals surface area contributed by atoms with Crippen molar-refractivity contribution in [2.75, 3.05) is 26.2 Å². The van der Waals surface area contributed by atoms with Gasteiger partial charge in [-0.2, -0.15) is 5.26 Å². The quantitative estimate of drug-likeness (QED) is 0.753. The average Bonchev–Trinajstić information content (AvgIpc) is 2.27. The van der Waals surface area contributed by atoms with Crippen LogP contribution in [-0.4, -0.2) is 53.7 Å². The standard InChI is InChI=1S/C13H23N3O2/c1-5-15-8-9-16(11(10-15)6-7-14)12(17)18-13(2,3)4/h11H,5-6,8-10H2,1-4H3. The second kappa shape index (κ2) is 6.05. The van der Waals surface area contributed by atoms with Crippen molar-refractivity contribution in [2.24, 2.45) is 0 Å². The molecule has 1 amide bonds. The van der Waals surface area contributed by atoms with Crippen LogP contribution in [0.5, 0.6) is 0 Å². The summed E-state index contributed by atoms with van der Waals surface area (Å²) in [5.74, 6) is 0. The molecule has 18 heavy (non-hydrogen) atoms. The van der Waals surface area contributed by atoms with Crippen LogP contribution in [-0.2, 0) is 4.74 Å². The second-order valence-corrected chi connectivity index (χ2v) is 5.58. The van der Waals surface area contributed by atoms with Crippen molar-refractivity contribution >= 4 is 6.09 Å². The van der Waals surface area contributed by atoms with Crippen molar-refractivity contribution in [1.82, 2.24) is 9.80 Å². The van der Waals surface area contributed by atoms with E-state index >= 15 is 0 Å². The van der Waals surface area contributed by atoms with Gasteiger partial charge < -0.3 is 9.64 Å². The van der Waals surface area contributed by atoms with E-state index in [0.717, 1.165) is 19.6 Å². The maximum atomic E-state index is 12.1. The van der Waals surface area contributed by atoms with E-state index in [2.05, 4.69) is 17.9 Å². The van der Waals surface area contributed by atoms with Gasteiger partial charge in [0.1, 0.15) is 5.60 Å². The fourth-order valence-electron chi connectivity index (χ4n) is 2.05. The minimum Gasteiger partial charge on any atom is -0.444 e. The van der Waals surface area contributed by atoms with E-state index in [-0.39, 0.29) is 12.1 Å². The number of likely N-dealkylation sites (N-methyl/N-ethyl adjacent to an activating group) is 1. The molecule has 0 aromatic rings. The fourth-order valence-corrected chi connectivity index (χ4v) is 2.05. The summed E-state index contributed by atoms with van der Waals surface area (Å²) in [5, 5.41) is 8.86. The molecule has 1 unspecified atom stereocenters. The number of hydrogen-bond donors (Lipinski definition) is 0. The SMILES string of the molecule is CCN1CCN(C(=O)OC(C)(C)C)C(CC#N)C1. The second-order valence-electron chi connectivity index (χ2n) is 5.58. The van der Waals surface area contributed by atoms with E-state index in [1.165, 1.54) is 0 Å². The van der Waals surface area contributed by atoms with Gasteiger partial charge in [0, 0.05) is 19.6 Å². The molecule has 1 saturated heterocycles. The van der Waals surface area contributed by atoms with Gasteiger partial charge in [-0.3, -0.25) is 4.90 Å². The van der Waals surface area contributed by atoms with Gasteiger partial charge in [-0.15, -0.1) is 0 Å². The molecule has 1 atom stereocenters. The molecule has 0 radical (unpaired) electrons. The van der Waals surface area contributed by atoms with Crippen LogP contribution in [0.4, 0.5) is 4.79 Å². The smallest absolute Gasteiger partial charge is 0.410 e. The Morgan fingerprint density at radius 3 is 2.61 bits per heavy atom. The monoisotopic (exact) mass is 253 g/mol. The summed E-state index contributed by atoms with van der Waals surface area (Å²) < 4.78 is 5.38. The Bertz CT molecular complexity index is 330. The number of hydrogen-bond acceptors (Lipinski definition) is 4. The highest BCUT2D eigenvalue weighted by Crippen LogP contribution is 2.17. The lowest BCUT2D eigenvalue weighted by atomic mass is 10.1. The first-order valence-electron chi connectivity index (χ1n) is 6.46. The van der Waals surface area contributed by atoms with Gasteiger partial charge in [0.15, 0.2) is 0 Å². The molecule has 0 N–H and O–H groups in total. The van der Waals surface area contributed by atoms with Crippen molar-refractivity contribution in [1.29, 1.82) is 5.26 Å². The molecule has 1 rings (SSSR count). The van der Waals surface area contributed by atoms with Crippen molar-refractivity contribution in [3.63, 3.8) is 0 Å². The zero-order valence-electron chi connectivity index (χ0n) is 11.8. The molecule has 0 spiro atoms. The van der Waals surface area contributed by atoms with Crippen LogP contribution in [0.25, 0.3) is 0 Å². The largest absolute Gasteiger partial charge is 0.444 e. The Kier molecular flexibility index (Phi) is 4.97. The molecule has 0 aromatic carbocycles. The first-order chi connectivity index (χ1) is 8.37. The molecule has 0 saturated carbocycles. The highest BCUT2D eigenvalue weighted by molar-refractivity contribution is 5.68. The lowest BCUT2D eigenvalue weighted by molar-refractivity contribution is -0.0000484. The van der Waals surface area contributed by atoms with Gasteiger partial charge in [-0.05, 0) is 27.3 Å². The average molecular weight is 253 g/mol. The summed E-state index contributed by atoms with van der Waals surface area (Å²) in [6.45, 7) is 10.8. The van der Waals surface area contributed by atoms with Crippen LogP contribution < -0.4 is 0 Å². The molecule has 102 valence electrons. The first-order valence-corrected chi connectivity index (χ1v) is 6.46. The molecule has 5 nitrogen and oxygen atoms in total. The summed E-state index contributed by atoms with van der Waals surface area (Å²) in [5.41, 5.74) is -0.490. The zero-order valence-corrected chi connectivity index (χ0v) is 11.8. The van der Waals surface area contributed by atoms with E-state index in [0.29, 0.717) is 13.0 Å². The minimum absolute atomic E-state index is 0.0569. The predicted molar refractivity (Wildman–Crippen MR) is 69.1 cm³/mol. The van der Waals surface area contributed by atoms with Crippen LogP contribution in [0.15, 0.2) is 0 Å². The van der Waals surface area contributed by atoms with Crippen molar-refractivity contribution in [2.45, 2.75) is 45.8 Å². The molecule has 1 fully saturated rings. The molecule has 1 aliphatic heterocycles. The van der Waals surface area contributed by atoms with Gasteiger partial charge >= 0.3 is 6.09 Å². The van der Waals surface area contributed by atoms with E-state index in [1.807, 2.05) is 20.8 Å². The van der Waals surface area contributed by atoms with Gasteiger partial charge in [-0.25, -0.2) is 4.79 Å². The van der Waals surface area contributed by atoms with Crippen LogP contribution in [0.2, 0.25) is 0 Å². The van der Waals surface area contributed by atoms with Crippen LogP contribution in [0, 0.1) is 11.3 Å². The molecular weight excluding hydrogens is 230 g/mol. The maximum absolute atomic E-state index is 12.1. The Hall–Kier alpha value is -1.28. The highest BCUT2D eigenvalue weighted by Gasteiger charge is 2.32. The molecule has 5 heteroatoms. The normalized spacial score (nSPS) is 21.5. The van der Waals surface area contributed by atoms with Gasteiger partial charge in [0.2, 0.25) is 0 Å². The first kappa shape index (κ1) is 14.8. The Morgan fingerprint density at radius 2 is 2.11 bits per heavy atom. The number of nitriles is 1. The summed E-state index contributed by atoms with van der Waals surface area (Å²) >= 11 is 0. The number of carbonyl (C=O) groups is 1. The highest BCUT2D eigenvalue weighted by atomic mass is 16.6. The number of nitrogens with zero attached hydrogens (tertiary/aromatic N) is 3. The van der Waals surface area contributed by atoms with Gasteiger partial charge in [0.25, 0.3) is 0 Å². The Labute approximate surface area is 109 Å². The van der Waals surface area contributed by atoms with Gasteiger partial charge in [-0.1, -0.05) is 6.92 Å².